The Morgan fingerprint density at radius 2 is 1.46 bits per heavy atom. The Balaban J connectivity index is 1.44. The molecule has 128 valence electrons. The van der Waals surface area contributed by atoms with Crippen LogP contribution in [0.1, 0.15) is 16.7 Å². The van der Waals surface area contributed by atoms with E-state index in [4.69, 9.17) is 0 Å². The lowest BCUT2D eigenvalue weighted by atomic mass is 10.1. The number of rotatable bonds is 6. The van der Waals surface area contributed by atoms with Crippen LogP contribution in [-0.2, 0) is 19.6 Å². The molecule has 0 atom stereocenters. The summed E-state index contributed by atoms with van der Waals surface area (Å²) >= 11 is 0. The number of nitrogens with zero attached hydrogens (tertiary/aromatic N) is 2. The first-order chi connectivity index (χ1) is 11.7. The summed E-state index contributed by atoms with van der Waals surface area (Å²) in [4.78, 5) is 4.92. The van der Waals surface area contributed by atoms with E-state index in [0.717, 1.165) is 51.3 Å². The molecule has 0 aliphatic carbocycles. The van der Waals surface area contributed by atoms with Crippen molar-refractivity contribution in [3.63, 3.8) is 0 Å². The summed E-state index contributed by atoms with van der Waals surface area (Å²) in [6.45, 7) is 6.24. The van der Waals surface area contributed by atoms with Gasteiger partial charge in [-0.2, -0.15) is 0 Å². The van der Waals surface area contributed by atoms with E-state index in [2.05, 4.69) is 15.9 Å². The van der Waals surface area contributed by atoms with Crippen LogP contribution in [0.4, 0.5) is 4.39 Å². The van der Waals surface area contributed by atoms with Crippen LogP contribution >= 0.6 is 0 Å². The molecule has 2 aromatic carbocycles. The molecule has 4 heteroatoms. The van der Waals surface area contributed by atoms with Gasteiger partial charge in [0.25, 0.3) is 0 Å². The Bertz CT molecular complexity index is 636. The first-order valence-corrected chi connectivity index (χ1v) is 8.61. The van der Waals surface area contributed by atoms with Gasteiger partial charge in [0.15, 0.2) is 0 Å². The van der Waals surface area contributed by atoms with Crippen LogP contribution in [0.2, 0.25) is 0 Å². The van der Waals surface area contributed by atoms with Crippen molar-refractivity contribution in [3.05, 3.63) is 71.0 Å². The second kappa shape index (κ2) is 8.38. The van der Waals surface area contributed by atoms with Crippen LogP contribution in [-0.4, -0.2) is 47.6 Å². The van der Waals surface area contributed by atoms with Gasteiger partial charge in [-0.25, -0.2) is 4.39 Å². The summed E-state index contributed by atoms with van der Waals surface area (Å²) in [5.41, 5.74) is 3.44. The van der Waals surface area contributed by atoms with Crippen molar-refractivity contribution in [2.24, 2.45) is 0 Å². The fourth-order valence-electron chi connectivity index (χ4n) is 3.22. The molecule has 0 spiro atoms. The van der Waals surface area contributed by atoms with Crippen LogP contribution in [0, 0.1) is 5.82 Å². The van der Waals surface area contributed by atoms with Crippen LogP contribution in [0.15, 0.2) is 48.5 Å². The summed E-state index contributed by atoms with van der Waals surface area (Å²) in [5, 5.41) is 9.44. The van der Waals surface area contributed by atoms with E-state index in [9.17, 15) is 9.50 Å². The van der Waals surface area contributed by atoms with Gasteiger partial charge in [0.2, 0.25) is 0 Å². The molecule has 3 nitrogen and oxygen atoms in total. The standard InChI is InChI=1S/C20H25FN2O/c21-20-7-5-17(6-8-20)9-10-22-11-13-23(14-12-22)15-18-3-1-2-4-19(18)16-24/h1-8,24H,9-16H2. The highest BCUT2D eigenvalue weighted by atomic mass is 19.1. The van der Waals surface area contributed by atoms with Gasteiger partial charge in [0, 0.05) is 39.3 Å². The Morgan fingerprint density at radius 1 is 0.833 bits per heavy atom. The molecule has 1 saturated heterocycles. The normalized spacial score (nSPS) is 16.4. The lowest BCUT2D eigenvalue weighted by molar-refractivity contribution is 0.127. The van der Waals surface area contributed by atoms with Gasteiger partial charge >= 0.3 is 0 Å². The van der Waals surface area contributed by atoms with Gasteiger partial charge in [0.1, 0.15) is 5.82 Å². The van der Waals surface area contributed by atoms with E-state index in [-0.39, 0.29) is 12.4 Å². The maximum Gasteiger partial charge on any atom is 0.123 e. The minimum Gasteiger partial charge on any atom is -0.392 e. The minimum atomic E-state index is -0.171. The molecule has 0 saturated carbocycles. The third kappa shape index (κ3) is 4.63. The van der Waals surface area contributed by atoms with Crippen LogP contribution in [0.3, 0.4) is 0 Å². The molecule has 3 rings (SSSR count). The molecule has 1 fully saturated rings. The quantitative estimate of drug-likeness (QED) is 0.883. The van der Waals surface area contributed by atoms with Crippen molar-refractivity contribution in [1.29, 1.82) is 0 Å². The lowest BCUT2D eigenvalue weighted by Gasteiger charge is -2.35. The summed E-state index contributed by atoms with van der Waals surface area (Å²) < 4.78 is 12.9. The number of halogens is 1. The molecule has 0 aromatic heterocycles. The van der Waals surface area contributed by atoms with Crippen LogP contribution < -0.4 is 0 Å². The second-order valence-corrected chi connectivity index (χ2v) is 6.42. The van der Waals surface area contributed by atoms with Gasteiger partial charge in [-0.3, -0.25) is 4.90 Å². The Hall–Kier alpha value is -1.75. The van der Waals surface area contributed by atoms with E-state index in [1.54, 1.807) is 0 Å². The summed E-state index contributed by atoms with van der Waals surface area (Å²) in [6.07, 6.45) is 0.966. The van der Waals surface area contributed by atoms with Crippen molar-refractivity contribution in [2.45, 2.75) is 19.6 Å². The molecule has 2 aromatic rings. The number of hydrogen-bond donors (Lipinski definition) is 1. The molecule has 1 N–H and O–H groups in total. The molecule has 1 aliphatic rings. The number of aliphatic hydroxyl groups is 1. The Kier molecular flexibility index (Phi) is 5.96. The average Bonchev–Trinajstić information content (AvgIpc) is 2.63. The minimum absolute atomic E-state index is 0.105. The molecule has 24 heavy (non-hydrogen) atoms. The smallest absolute Gasteiger partial charge is 0.123 e. The van der Waals surface area contributed by atoms with Gasteiger partial charge < -0.3 is 10.0 Å². The Labute approximate surface area is 143 Å². The fourth-order valence-corrected chi connectivity index (χ4v) is 3.22. The Morgan fingerprint density at radius 3 is 2.12 bits per heavy atom. The third-order valence-corrected chi connectivity index (χ3v) is 4.78. The number of benzene rings is 2. The van der Waals surface area contributed by atoms with E-state index in [1.165, 1.54) is 23.3 Å². The monoisotopic (exact) mass is 328 g/mol. The maximum absolute atomic E-state index is 12.9. The van der Waals surface area contributed by atoms with Crippen molar-refractivity contribution in [2.75, 3.05) is 32.7 Å². The summed E-state index contributed by atoms with van der Waals surface area (Å²) in [5.74, 6) is -0.171. The van der Waals surface area contributed by atoms with E-state index < -0.39 is 0 Å². The fraction of sp³-hybridized carbons (Fsp3) is 0.400. The highest BCUT2D eigenvalue weighted by Crippen LogP contribution is 2.14. The maximum atomic E-state index is 12.9. The van der Waals surface area contributed by atoms with Crippen molar-refractivity contribution in [1.82, 2.24) is 9.80 Å². The van der Waals surface area contributed by atoms with E-state index >= 15 is 0 Å². The zero-order chi connectivity index (χ0) is 16.8. The molecular weight excluding hydrogens is 303 g/mol. The molecule has 1 heterocycles. The highest BCUT2D eigenvalue weighted by Gasteiger charge is 2.17. The largest absolute Gasteiger partial charge is 0.392 e. The number of piperazine rings is 1. The zero-order valence-electron chi connectivity index (χ0n) is 14.0. The molecule has 1 aliphatic heterocycles. The topological polar surface area (TPSA) is 26.7 Å². The van der Waals surface area contributed by atoms with Gasteiger partial charge in [0.05, 0.1) is 6.61 Å². The summed E-state index contributed by atoms with van der Waals surface area (Å²) in [6, 6.07) is 14.9. The predicted molar refractivity (Wildman–Crippen MR) is 94.2 cm³/mol. The third-order valence-electron chi connectivity index (χ3n) is 4.78. The van der Waals surface area contributed by atoms with Gasteiger partial charge in [-0.15, -0.1) is 0 Å². The first kappa shape index (κ1) is 17.1. The molecule has 0 bridgehead atoms. The number of hydrogen-bond acceptors (Lipinski definition) is 3. The van der Waals surface area contributed by atoms with Crippen molar-refractivity contribution >= 4 is 0 Å². The van der Waals surface area contributed by atoms with Gasteiger partial charge in [-0.05, 0) is 35.2 Å². The van der Waals surface area contributed by atoms with Crippen LogP contribution in [0.5, 0.6) is 0 Å². The predicted octanol–water partition coefficient (Wildman–Crippen LogP) is 2.68. The van der Waals surface area contributed by atoms with E-state index in [0.29, 0.717) is 0 Å². The first-order valence-electron chi connectivity index (χ1n) is 8.61. The molecular formula is C20H25FN2O. The highest BCUT2D eigenvalue weighted by molar-refractivity contribution is 5.26. The van der Waals surface area contributed by atoms with Crippen LogP contribution in [0.25, 0.3) is 0 Å². The lowest BCUT2D eigenvalue weighted by Crippen LogP contribution is -2.46. The van der Waals surface area contributed by atoms with Gasteiger partial charge in [-0.1, -0.05) is 36.4 Å². The van der Waals surface area contributed by atoms with Crippen molar-refractivity contribution < 1.29 is 9.50 Å². The average molecular weight is 328 g/mol. The van der Waals surface area contributed by atoms with E-state index in [1.807, 2.05) is 30.3 Å². The molecule has 0 radical (unpaired) electrons. The second-order valence-electron chi connectivity index (χ2n) is 6.42. The SMILES string of the molecule is OCc1ccccc1CN1CCN(CCc2ccc(F)cc2)CC1. The number of aliphatic hydroxyl groups excluding tert-OH is 1. The molecule has 0 amide bonds. The zero-order valence-corrected chi connectivity index (χ0v) is 14.0. The summed E-state index contributed by atoms with van der Waals surface area (Å²) in [7, 11) is 0. The van der Waals surface area contributed by atoms with Crippen molar-refractivity contribution in [3.8, 4) is 0 Å². The molecule has 0 unspecified atom stereocenters.